The van der Waals surface area contributed by atoms with Gasteiger partial charge in [-0.25, -0.2) is 0 Å². The Labute approximate surface area is 159 Å². The highest BCUT2D eigenvalue weighted by atomic mass is 16.1. The van der Waals surface area contributed by atoms with Crippen LogP contribution in [0.15, 0.2) is 84.9 Å². The molecule has 0 bridgehead atoms. The summed E-state index contributed by atoms with van der Waals surface area (Å²) >= 11 is 0. The van der Waals surface area contributed by atoms with Crippen LogP contribution in [0.25, 0.3) is 0 Å². The smallest absolute Gasteiger partial charge is 0.238 e. The van der Waals surface area contributed by atoms with Crippen molar-refractivity contribution in [3.8, 4) is 6.07 Å². The van der Waals surface area contributed by atoms with E-state index in [1.54, 1.807) is 0 Å². The summed E-state index contributed by atoms with van der Waals surface area (Å²) < 4.78 is 0. The van der Waals surface area contributed by atoms with Gasteiger partial charge < -0.3 is 5.32 Å². The summed E-state index contributed by atoms with van der Waals surface area (Å²) in [6.07, 6.45) is 0.367. The lowest BCUT2D eigenvalue weighted by atomic mass is 9.99. The SMILES string of the molecule is N#CCc1ccc(NC(=O)CNC(c2ccccc2)c2ccccc2)cc1. The maximum absolute atomic E-state index is 12.4. The highest BCUT2D eigenvalue weighted by molar-refractivity contribution is 5.92. The summed E-state index contributed by atoms with van der Waals surface area (Å²) in [5.74, 6) is -0.111. The number of hydrogen-bond acceptors (Lipinski definition) is 3. The molecule has 134 valence electrons. The van der Waals surface area contributed by atoms with Crippen LogP contribution in [0.1, 0.15) is 22.7 Å². The predicted octanol–water partition coefficient (Wildman–Crippen LogP) is 4.07. The lowest BCUT2D eigenvalue weighted by molar-refractivity contribution is -0.115. The molecule has 3 aromatic carbocycles. The van der Waals surface area contributed by atoms with Crippen molar-refractivity contribution in [2.75, 3.05) is 11.9 Å². The molecular weight excluding hydrogens is 334 g/mol. The van der Waals surface area contributed by atoms with Crippen LogP contribution < -0.4 is 10.6 Å². The standard InChI is InChI=1S/C23H21N3O/c24-16-15-18-11-13-21(14-12-18)26-22(27)17-25-23(19-7-3-1-4-8-19)20-9-5-2-6-10-20/h1-14,23,25H,15,17H2,(H,26,27). The summed E-state index contributed by atoms with van der Waals surface area (Å²) in [5, 5.41) is 15.0. The van der Waals surface area contributed by atoms with Crippen molar-refractivity contribution in [1.82, 2.24) is 5.32 Å². The molecule has 4 nitrogen and oxygen atoms in total. The maximum atomic E-state index is 12.4. The van der Waals surface area contributed by atoms with Gasteiger partial charge in [0.1, 0.15) is 0 Å². The van der Waals surface area contributed by atoms with E-state index in [2.05, 4.69) is 41.0 Å². The Bertz CT molecular complexity index is 860. The minimum Gasteiger partial charge on any atom is -0.325 e. The molecule has 0 fully saturated rings. The molecule has 2 N–H and O–H groups in total. The fourth-order valence-corrected chi connectivity index (χ4v) is 2.92. The van der Waals surface area contributed by atoms with Crippen LogP contribution in [0.4, 0.5) is 5.69 Å². The number of nitriles is 1. The molecule has 0 radical (unpaired) electrons. The number of anilines is 1. The molecular formula is C23H21N3O. The molecule has 0 aromatic heterocycles. The third-order valence-corrected chi connectivity index (χ3v) is 4.25. The Morgan fingerprint density at radius 1 is 0.852 bits per heavy atom. The molecule has 1 amide bonds. The van der Waals surface area contributed by atoms with Gasteiger partial charge in [0, 0.05) is 5.69 Å². The normalized spacial score (nSPS) is 10.4. The van der Waals surface area contributed by atoms with Crippen molar-refractivity contribution < 1.29 is 4.79 Å². The molecule has 0 spiro atoms. The average Bonchev–Trinajstić information content (AvgIpc) is 2.71. The van der Waals surface area contributed by atoms with Gasteiger partial charge in [-0.15, -0.1) is 0 Å². The van der Waals surface area contributed by atoms with Crippen molar-refractivity contribution >= 4 is 11.6 Å². The molecule has 0 heterocycles. The molecule has 0 atom stereocenters. The topological polar surface area (TPSA) is 64.9 Å². The second-order valence-electron chi connectivity index (χ2n) is 6.22. The van der Waals surface area contributed by atoms with Crippen LogP contribution in [-0.4, -0.2) is 12.5 Å². The van der Waals surface area contributed by atoms with E-state index >= 15 is 0 Å². The minimum atomic E-state index is -0.111. The van der Waals surface area contributed by atoms with Gasteiger partial charge in [0.25, 0.3) is 0 Å². The monoisotopic (exact) mass is 355 g/mol. The summed E-state index contributed by atoms with van der Waals surface area (Å²) in [6.45, 7) is 0.189. The third kappa shape index (κ3) is 5.27. The first-order chi connectivity index (χ1) is 13.3. The van der Waals surface area contributed by atoms with Crippen LogP contribution in [0.5, 0.6) is 0 Å². The summed E-state index contributed by atoms with van der Waals surface area (Å²) in [6, 6.07) is 29.5. The molecule has 0 unspecified atom stereocenters. The Hall–Kier alpha value is -3.42. The van der Waals surface area contributed by atoms with Crippen LogP contribution in [-0.2, 0) is 11.2 Å². The number of amides is 1. The van der Waals surface area contributed by atoms with Gasteiger partial charge in [-0.2, -0.15) is 5.26 Å². The number of benzene rings is 3. The van der Waals surface area contributed by atoms with E-state index in [0.29, 0.717) is 6.42 Å². The molecule has 0 aliphatic carbocycles. The Morgan fingerprint density at radius 3 is 1.93 bits per heavy atom. The van der Waals surface area contributed by atoms with Crippen LogP contribution in [0.2, 0.25) is 0 Å². The first-order valence-electron chi connectivity index (χ1n) is 8.85. The maximum Gasteiger partial charge on any atom is 0.238 e. The van der Waals surface area contributed by atoms with Gasteiger partial charge in [-0.05, 0) is 28.8 Å². The van der Waals surface area contributed by atoms with Crippen LogP contribution in [0.3, 0.4) is 0 Å². The van der Waals surface area contributed by atoms with E-state index in [0.717, 1.165) is 22.4 Å². The lowest BCUT2D eigenvalue weighted by Gasteiger charge is -2.19. The quantitative estimate of drug-likeness (QED) is 0.671. The second kappa shape index (κ2) is 9.33. The van der Waals surface area contributed by atoms with Crippen LogP contribution in [0, 0.1) is 11.3 Å². The number of carbonyl (C=O) groups excluding carboxylic acids is 1. The Kier molecular flexibility index (Phi) is 6.35. The van der Waals surface area contributed by atoms with Gasteiger partial charge in [0.15, 0.2) is 0 Å². The molecule has 0 saturated heterocycles. The number of rotatable bonds is 7. The van der Waals surface area contributed by atoms with Gasteiger partial charge in [-0.3, -0.25) is 10.1 Å². The number of hydrogen-bond donors (Lipinski definition) is 2. The number of nitrogens with one attached hydrogen (secondary N) is 2. The van der Waals surface area contributed by atoms with Gasteiger partial charge >= 0.3 is 0 Å². The van der Waals surface area contributed by atoms with E-state index in [9.17, 15) is 4.79 Å². The minimum absolute atomic E-state index is 0.0591. The molecule has 3 rings (SSSR count). The molecule has 0 aliphatic heterocycles. The fourth-order valence-electron chi connectivity index (χ4n) is 2.92. The van der Waals surface area contributed by atoms with Crippen LogP contribution >= 0.6 is 0 Å². The van der Waals surface area contributed by atoms with Crippen molar-refractivity contribution in [3.63, 3.8) is 0 Å². The summed E-state index contributed by atoms with van der Waals surface area (Å²) in [5.41, 5.74) is 3.87. The summed E-state index contributed by atoms with van der Waals surface area (Å²) in [7, 11) is 0. The lowest BCUT2D eigenvalue weighted by Crippen LogP contribution is -2.31. The Balaban J connectivity index is 1.65. The molecule has 0 saturated carbocycles. The van der Waals surface area contributed by atoms with E-state index in [-0.39, 0.29) is 18.5 Å². The largest absolute Gasteiger partial charge is 0.325 e. The number of carbonyl (C=O) groups is 1. The first-order valence-corrected chi connectivity index (χ1v) is 8.85. The zero-order valence-electron chi connectivity index (χ0n) is 14.9. The van der Waals surface area contributed by atoms with Gasteiger partial charge in [0.2, 0.25) is 5.91 Å². The zero-order chi connectivity index (χ0) is 18.9. The van der Waals surface area contributed by atoms with Crippen molar-refractivity contribution in [3.05, 3.63) is 102 Å². The van der Waals surface area contributed by atoms with E-state index < -0.39 is 0 Å². The molecule has 3 aromatic rings. The first kappa shape index (κ1) is 18.4. The van der Waals surface area contributed by atoms with Crippen molar-refractivity contribution in [2.24, 2.45) is 0 Å². The van der Waals surface area contributed by atoms with E-state index in [4.69, 9.17) is 5.26 Å². The van der Waals surface area contributed by atoms with E-state index in [1.807, 2.05) is 60.7 Å². The molecule has 0 aliphatic rings. The van der Waals surface area contributed by atoms with Gasteiger partial charge in [-0.1, -0.05) is 72.8 Å². The fraction of sp³-hybridized carbons (Fsp3) is 0.130. The predicted molar refractivity (Wildman–Crippen MR) is 107 cm³/mol. The molecule has 27 heavy (non-hydrogen) atoms. The van der Waals surface area contributed by atoms with Crippen molar-refractivity contribution in [1.29, 1.82) is 5.26 Å². The second-order valence-corrected chi connectivity index (χ2v) is 6.22. The molecule has 4 heteroatoms. The third-order valence-electron chi connectivity index (χ3n) is 4.25. The zero-order valence-corrected chi connectivity index (χ0v) is 14.9. The van der Waals surface area contributed by atoms with E-state index in [1.165, 1.54) is 0 Å². The van der Waals surface area contributed by atoms with Crippen molar-refractivity contribution in [2.45, 2.75) is 12.5 Å². The summed E-state index contributed by atoms with van der Waals surface area (Å²) in [4.78, 5) is 12.4. The highest BCUT2D eigenvalue weighted by Crippen LogP contribution is 2.21. The number of nitrogens with zero attached hydrogens (tertiary/aromatic N) is 1. The van der Waals surface area contributed by atoms with Gasteiger partial charge in [0.05, 0.1) is 25.1 Å². The average molecular weight is 355 g/mol. The highest BCUT2D eigenvalue weighted by Gasteiger charge is 2.14. The Morgan fingerprint density at radius 2 is 1.41 bits per heavy atom.